The Balaban J connectivity index is 1.85. The molecule has 1 aliphatic heterocycles. The minimum Gasteiger partial charge on any atom is -0.384 e. The molecular weight excluding hydrogens is 212 g/mol. The third kappa shape index (κ3) is 3.43. The van der Waals surface area contributed by atoms with Crippen LogP contribution in [0, 0.1) is 11.8 Å². The van der Waals surface area contributed by atoms with Gasteiger partial charge in [0.2, 0.25) is 0 Å². The van der Waals surface area contributed by atoms with E-state index in [0.717, 1.165) is 25.0 Å². The fraction of sp³-hybridized carbons (Fsp3) is 1.00. The van der Waals surface area contributed by atoms with Crippen LogP contribution in [0.5, 0.6) is 0 Å². The zero-order valence-corrected chi connectivity index (χ0v) is 11.2. The van der Waals surface area contributed by atoms with Crippen molar-refractivity contribution in [3.8, 4) is 0 Å². The van der Waals surface area contributed by atoms with Gasteiger partial charge in [-0.25, -0.2) is 0 Å². The van der Waals surface area contributed by atoms with Gasteiger partial charge in [0, 0.05) is 26.2 Å². The molecule has 1 saturated heterocycles. The van der Waals surface area contributed by atoms with Crippen LogP contribution in [0.2, 0.25) is 0 Å². The Morgan fingerprint density at radius 2 is 2.00 bits per heavy atom. The maximum atomic E-state index is 6.03. The molecule has 1 heterocycles. The summed E-state index contributed by atoms with van der Waals surface area (Å²) in [6.45, 7) is 4.18. The highest BCUT2D eigenvalue weighted by atomic mass is 16.5. The Morgan fingerprint density at radius 1 is 1.24 bits per heavy atom. The highest BCUT2D eigenvalue weighted by molar-refractivity contribution is 4.87. The van der Waals surface area contributed by atoms with Gasteiger partial charge in [0.15, 0.2) is 0 Å². The van der Waals surface area contributed by atoms with Gasteiger partial charge < -0.3 is 10.5 Å². The lowest BCUT2D eigenvalue weighted by molar-refractivity contribution is 0.123. The van der Waals surface area contributed by atoms with E-state index in [-0.39, 0.29) is 0 Å². The third-order valence-electron chi connectivity index (χ3n) is 4.62. The van der Waals surface area contributed by atoms with E-state index in [1.807, 2.05) is 7.11 Å². The van der Waals surface area contributed by atoms with Crippen molar-refractivity contribution in [2.45, 2.75) is 44.6 Å². The van der Waals surface area contributed by atoms with Gasteiger partial charge >= 0.3 is 0 Å². The average Bonchev–Trinajstić information content (AvgIpc) is 2.81. The van der Waals surface area contributed by atoms with Gasteiger partial charge in [0.1, 0.15) is 0 Å². The molecule has 1 saturated carbocycles. The van der Waals surface area contributed by atoms with Crippen molar-refractivity contribution in [1.29, 1.82) is 0 Å². The number of rotatable bonds is 5. The summed E-state index contributed by atoms with van der Waals surface area (Å²) in [4.78, 5) is 2.64. The van der Waals surface area contributed by atoms with Crippen molar-refractivity contribution in [3.63, 3.8) is 0 Å². The van der Waals surface area contributed by atoms with Crippen LogP contribution < -0.4 is 5.73 Å². The minimum atomic E-state index is 0.636. The first-order valence-corrected chi connectivity index (χ1v) is 7.28. The molecule has 3 nitrogen and oxygen atoms in total. The quantitative estimate of drug-likeness (QED) is 0.797. The van der Waals surface area contributed by atoms with Crippen molar-refractivity contribution in [1.82, 2.24) is 4.90 Å². The normalized spacial score (nSPS) is 29.6. The highest BCUT2D eigenvalue weighted by Gasteiger charge is 2.32. The van der Waals surface area contributed by atoms with Crippen LogP contribution in [-0.2, 0) is 4.74 Å². The predicted octanol–water partition coefficient (Wildman–Crippen LogP) is 1.86. The van der Waals surface area contributed by atoms with Crippen molar-refractivity contribution < 1.29 is 4.74 Å². The van der Waals surface area contributed by atoms with Crippen LogP contribution in [0.1, 0.15) is 38.5 Å². The molecule has 3 heteroatoms. The molecule has 2 rings (SSSR count). The lowest BCUT2D eigenvalue weighted by Gasteiger charge is -2.36. The van der Waals surface area contributed by atoms with E-state index in [0.29, 0.717) is 6.04 Å². The standard InChI is InChI=1S/C14H28N2O/c1-17-11-12-7-8-16(10-12)14(9-15)13-5-3-2-4-6-13/h12-14H,2-11,15H2,1H3. The molecule has 17 heavy (non-hydrogen) atoms. The first kappa shape index (κ1) is 13.3. The van der Waals surface area contributed by atoms with E-state index < -0.39 is 0 Å². The molecule has 0 aromatic rings. The zero-order valence-electron chi connectivity index (χ0n) is 11.2. The molecule has 0 amide bonds. The lowest BCUT2D eigenvalue weighted by atomic mass is 9.83. The first-order chi connectivity index (χ1) is 8.35. The van der Waals surface area contributed by atoms with Gasteiger partial charge in [-0.1, -0.05) is 19.3 Å². The van der Waals surface area contributed by atoms with Crippen LogP contribution >= 0.6 is 0 Å². The summed E-state index contributed by atoms with van der Waals surface area (Å²) < 4.78 is 5.28. The molecule has 0 bridgehead atoms. The highest BCUT2D eigenvalue weighted by Crippen LogP contribution is 2.31. The van der Waals surface area contributed by atoms with Gasteiger partial charge in [0.25, 0.3) is 0 Å². The van der Waals surface area contributed by atoms with Gasteiger partial charge in [0.05, 0.1) is 6.61 Å². The molecule has 0 radical (unpaired) electrons. The van der Waals surface area contributed by atoms with Gasteiger partial charge in [-0.05, 0) is 37.6 Å². The maximum Gasteiger partial charge on any atom is 0.0503 e. The zero-order chi connectivity index (χ0) is 12.1. The number of likely N-dealkylation sites (tertiary alicyclic amines) is 1. The Labute approximate surface area is 106 Å². The molecule has 0 aromatic heterocycles. The SMILES string of the molecule is COCC1CCN(C(CN)C2CCCCC2)C1. The van der Waals surface area contributed by atoms with E-state index >= 15 is 0 Å². The molecule has 2 atom stereocenters. The maximum absolute atomic E-state index is 6.03. The Kier molecular flexibility index (Phi) is 5.26. The van der Waals surface area contributed by atoms with E-state index in [2.05, 4.69) is 4.90 Å². The number of hydrogen-bond donors (Lipinski definition) is 1. The average molecular weight is 240 g/mol. The van der Waals surface area contributed by atoms with Crippen molar-refractivity contribution in [2.24, 2.45) is 17.6 Å². The second-order valence-corrected chi connectivity index (χ2v) is 5.81. The Morgan fingerprint density at radius 3 is 2.65 bits per heavy atom. The summed E-state index contributed by atoms with van der Waals surface area (Å²) in [7, 11) is 1.81. The van der Waals surface area contributed by atoms with E-state index in [1.165, 1.54) is 51.6 Å². The molecule has 2 N–H and O–H groups in total. The fourth-order valence-electron chi connectivity index (χ4n) is 3.69. The van der Waals surface area contributed by atoms with Crippen LogP contribution in [0.25, 0.3) is 0 Å². The number of methoxy groups -OCH3 is 1. The molecule has 0 aromatic carbocycles. The largest absolute Gasteiger partial charge is 0.384 e. The van der Waals surface area contributed by atoms with E-state index in [9.17, 15) is 0 Å². The van der Waals surface area contributed by atoms with Crippen LogP contribution in [-0.4, -0.2) is 44.3 Å². The second-order valence-electron chi connectivity index (χ2n) is 5.81. The first-order valence-electron chi connectivity index (χ1n) is 7.28. The molecule has 1 aliphatic carbocycles. The summed E-state index contributed by atoms with van der Waals surface area (Å²) in [6.07, 6.45) is 8.34. The molecule has 2 aliphatic rings. The monoisotopic (exact) mass is 240 g/mol. The van der Waals surface area contributed by atoms with Crippen LogP contribution in [0.3, 0.4) is 0 Å². The fourth-order valence-corrected chi connectivity index (χ4v) is 3.69. The predicted molar refractivity (Wildman–Crippen MR) is 71.0 cm³/mol. The number of nitrogens with two attached hydrogens (primary N) is 1. The van der Waals surface area contributed by atoms with E-state index in [4.69, 9.17) is 10.5 Å². The van der Waals surface area contributed by atoms with E-state index in [1.54, 1.807) is 0 Å². The summed E-state index contributed by atoms with van der Waals surface area (Å²) in [6, 6.07) is 0.636. The summed E-state index contributed by atoms with van der Waals surface area (Å²) in [5.41, 5.74) is 6.03. The molecule has 100 valence electrons. The van der Waals surface area contributed by atoms with Gasteiger partial charge in [-0.2, -0.15) is 0 Å². The minimum absolute atomic E-state index is 0.636. The third-order valence-corrected chi connectivity index (χ3v) is 4.62. The van der Waals surface area contributed by atoms with Crippen molar-refractivity contribution in [3.05, 3.63) is 0 Å². The molecule has 0 spiro atoms. The summed E-state index contributed by atoms with van der Waals surface area (Å²) in [5.74, 6) is 1.59. The molecule has 2 fully saturated rings. The lowest BCUT2D eigenvalue weighted by Crippen LogP contribution is -2.45. The van der Waals surface area contributed by atoms with Gasteiger partial charge in [-0.3, -0.25) is 4.90 Å². The van der Waals surface area contributed by atoms with Crippen LogP contribution in [0.4, 0.5) is 0 Å². The van der Waals surface area contributed by atoms with Crippen molar-refractivity contribution in [2.75, 3.05) is 33.4 Å². The van der Waals surface area contributed by atoms with Crippen molar-refractivity contribution >= 4 is 0 Å². The van der Waals surface area contributed by atoms with Gasteiger partial charge in [-0.15, -0.1) is 0 Å². The number of ether oxygens (including phenoxy) is 1. The molecular formula is C14H28N2O. The Hall–Kier alpha value is -0.120. The summed E-state index contributed by atoms with van der Waals surface area (Å²) >= 11 is 0. The number of nitrogens with zero attached hydrogens (tertiary/aromatic N) is 1. The molecule has 2 unspecified atom stereocenters. The number of hydrogen-bond acceptors (Lipinski definition) is 3. The summed E-state index contributed by atoms with van der Waals surface area (Å²) in [5, 5.41) is 0. The topological polar surface area (TPSA) is 38.5 Å². The second kappa shape index (κ2) is 6.72. The van der Waals surface area contributed by atoms with Crippen LogP contribution in [0.15, 0.2) is 0 Å². The Bertz CT molecular complexity index is 216. The smallest absolute Gasteiger partial charge is 0.0503 e.